The molecule has 3 N–H and O–H groups in total. The van der Waals surface area contributed by atoms with Crippen LogP contribution < -0.4 is 16.0 Å². The van der Waals surface area contributed by atoms with Crippen molar-refractivity contribution in [3.63, 3.8) is 0 Å². The van der Waals surface area contributed by atoms with Crippen molar-refractivity contribution in [1.82, 2.24) is 10.4 Å². The normalized spacial score (nSPS) is 10.6. The summed E-state index contributed by atoms with van der Waals surface area (Å²) in [7, 11) is 1.65. The van der Waals surface area contributed by atoms with E-state index in [9.17, 15) is 4.79 Å². The van der Waals surface area contributed by atoms with E-state index in [1.807, 2.05) is 36.4 Å². The highest BCUT2D eigenvalue weighted by atomic mass is 16.5. The summed E-state index contributed by atoms with van der Waals surface area (Å²) in [6.45, 7) is 1.79. The summed E-state index contributed by atoms with van der Waals surface area (Å²) in [6.07, 6.45) is 0. The number of nitrogen functional groups attached to an aromatic ring is 1. The van der Waals surface area contributed by atoms with Crippen molar-refractivity contribution in [1.29, 1.82) is 0 Å². The molecule has 0 fully saturated rings. The van der Waals surface area contributed by atoms with Crippen molar-refractivity contribution < 1.29 is 9.53 Å². The highest BCUT2D eigenvalue weighted by Crippen LogP contribution is 2.26. The van der Waals surface area contributed by atoms with Gasteiger partial charge in [-0.3, -0.25) is 15.2 Å². The van der Waals surface area contributed by atoms with Crippen LogP contribution in [0.1, 0.15) is 16.1 Å². The first-order valence-electron chi connectivity index (χ1n) is 7.19. The number of fused-ring (bicyclic) bond motifs is 1. The molecule has 0 bridgehead atoms. The van der Waals surface area contributed by atoms with E-state index in [0.717, 1.165) is 27.8 Å². The minimum absolute atomic E-state index is 0.341. The standard InChI is InChI=1S/C18H17N3O2/c1-11-16(18(22)21-19)7-8-17(20-11)14-4-3-13-10-15(23-2)6-5-12(13)9-14/h3-10H,19H2,1-2H3,(H,21,22). The number of hydrazine groups is 1. The maximum atomic E-state index is 11.6. The summed E-state index contributed by atoms with van der Waals surface area (Å²) in [5.74, 6) is 5.66. The molecule has 3 rings (SSSR count). The number of pyridine rings is 1. The number of hydrogen-bond donors (Lipinski definition) is 2. The fourth-order valence-corrected chi connectivity index (χ4v) is 2.55. The number of methoxy groups -OCH3 is 1. The molecule has 3 aromatic rings. The average molecular weight is 307 g/mol. The van der Waals surface area contributed by atoms with Crippen molar-refractivity contribution in [3.05, 3.63) is 59.8 Å². The maximum Gasteiger partial charge on any atom is 0.267 e. The van der Waals surface area contributed by atoms with Gasteiger partial charge in [-0.15, -0.1) is 0 Å². The fourth-order valence-electron chi connectivity index (χ4n) is 2.55. The number of hydrogen-bond acceptors (Lipinski definition) is 4. The molecular weight excluding hydrogens is 290 g/mol. The van der Waals surface area contributed by atoms with Gasteiger partial charge in [-0.25, -0.2) is 5.84 Å². The minimum Gasteiger partial charge on any atom is -0.497 e. The van der Waals surface area contributed by atoms with Gasteiger partial charge in [0, 0.05) is 5.56 Å². The van der Waals surface area contributed by atoms with Crippen LogP contribution in [0.25, 0.3) is 22.0 Å². The van der Waals surface area contributed by atoms with Gasteiger partial charge >= 0.3 is 0 Å². The molecule has 2 aromatic carbocycles. The second-order valence-corrected chi connectivity index (χ2v) is 5.23. The zero-order chi connectivity index (χ0) is 16.4. The predicted octanol–water partition coefficient (Wildman–Crippen LogP) is 2.82. The lowest BCUT2D eigenvalue weighted by Gasteiger charge is -2.08. The molecule has 0 atom stereocenters. The Bertz CT molecular complexity index is 891. The van der Waals surface area contributed by atoms with E-state index in [1.165, 1.54) is 0 Å². The molecule has 0 unspecified atom stereocenters. The molecule has 0 aliphatic rings. The molecule has 0 spiro atoms. The molecule has 5 nitrogen and oxygen atoms in total. The average Bonchev–Trinajstić information content (AvgIpc) is 2.60. The third kappa shape index (κ3) is 2.86. The zero-order valence-corrected chi connectivity index (χ0v) is 13.0. The molecule has 0 saturated heterocycles. The third-order valence-corrected chi connectivity index (χ3v) is 3.80. The molecular formula is C18H17N3O2. The van der Waals surface area contributed by atoms with Gasteiger partial charge in [-0.1, -0.05) is 18.2 Å². The molecule has 0 radical (unpaired) electrons. The van der Waals surface area contributed by atoms with Crippen LogP contribution in [0.15, 0.2) is 48.5 Å². The second-order valence-electron chi connectivity index (χ2n) is 5.23. The van der Waals surface area contributed by atoms with Gasteiger partial charge in [0.1, 0.15) is 5.75 Å². The van der Waals surface area contributed by atoms with Crippen LogP contribution in [-0.4, -0.2) is 18.0 Å². The summed E-state index contributed by atoms with van der Waals surface area (Å²) in [5.41, 5.74) is 5.04. The van der Waals surface area contributed by atoms with Crippen LogP contribution in [-0.2, 0) is 0 Å². The van der Waals surface area contributed by atoms with E-state index in [2.05, 4.69) is 16.5 Å². The number of benzene rings is 2. The lowest BCUT2D eigenvalue weighted by Crippen LogP contribution is -2.30. The van der Waals surface area contributed by atoms with Crippen LogP contribution in [0.3, 0.4) is 0 Å². The van der Waals surface area contributed by atoms with E-state index in [4.69, 9.17) is 10.6 Å². The third-order valence-electron chi connectivity index (χ3n) is 3.80. The maximum absolute atomic E-state index is 11.6. The van der Waals surface area contributed by atoms with Gasteiger partial charge in [0.15, 0.2) is 0 Å². The van der Waals surface area contributed by atoms with E-state index in [0.29, 0.717) is 11.3 Å². The summed E-state index contributed by atoms with van der Waals surface area (Å²) < 4.78 is 5.24. The first kappa shape index (κ1) is 15.0. The van der Waals surface area contributed by atoms with Gasteiger partial charge in [0.25, 0.3) is 5.91 Å². The van der Waals surface area contributed by atoms with Crippen LogP contribution in [0.5, 0.6) is 5.75 Å². The number of ether oxygens (including phenoxy) is 1. The van der Waals surface area contributed by atoms with Crippen LogP contribution in [0.2, 0.25) is 0 Å². The number of rotatable bonds is 3. The van der Waals surface area contributed by atoms with Crippen molar-refractivity contribution in [2.75, 3.05) is 7.11 Å². The second kappa shape index (κ2) is 6.06. The number of nitrogens with one attached hydrogen (secondary N) is 1. The lowest BCUT2D eigenvalue weighted by atomic mass is 10.0. The summed E-state index contributed by atoms with van der Waals surface area (Å²) >= 11 is 0. The van der Waals surface area contributed by atoms with E-state index < -0.39 is 0 Å². The van der Waals surface area contributed by atoms with E-state index in [1.54, 1.807) is 20.1 Å². The van der Waals surface area contributed by atoms with Crippen molar-refractivity contribution >= 4 is 16.7 Å². The van der Waals surface area contributed by atoms with Gasteiger partial charge in [0.05, 0.1) is 24.1 Å². The molecule has 1 amide bonds. The van der Waals surface area contributed by atoms with Crippen molar-refractivity contribution in [3.8, 4) is 17.0 Å². The number of aromatic nitrogens is 1. The van der Waals surface area contributed by atoms with Gasteiger partial charge < -0.3 is 4.74 Å². The molecule has 5 heteroatoms. The monoisotopic (exact) mass is 307 g/mol. The quantitative estimate of drug-likeness (QED) is 0.443. The Morgan fingerprint density at radius 1 is 1.09 bits per heavy atom. The van der Waals surface area contributed by atoms with Gasteiger partial charge in [-0.05, 0) is 48.0 Å². The zero-order valence-electron chi connectivity index (χ0n) is 13.0. The number of nitrogens with zero attached hydrogens (tertiary/aromatic N) is 1. The fraction of sp³-hybridized carbons (Fsp3) is 0.111. The van der Waals surface area contributed by atoms with E-state index >= 15 is 0 Å². The first-order chi connectivity index (χ1) is 11.1. The smallest absolute Gasteiger partial charge is 0.267 e. The van der Waals surface area contributed by atoms with Crippen LogP contribution >= 0.6 is 0 Å². The Morgan fingerprint density at radius 2 is 1.83 bits per heavy atom. The Hall–Kier alpha value is -2.92. The highest BCUT2D eigenvalue weighted by Gasteiger charge is 2.10. The van der Waals surface area contributed by atoms with Gasteiger partial charge in [0.2, 0.25) is 0 Å². The Labute approximate surface area is 134 Å². The molecule has 0 aliphatic heterocycles. The topological polar surface area (TPSA) is 77.2 Å². The molecule has 23 heavy (non-hydrogen) atoms. The van der Waals surface area contributed by atoms with Crippen molar-refractivity contribution in [2.45, 2.75) is 6.92 Å². The SMILES string of the molecule is COc1ccc2cc(-c3ccc(C(=O)NN)c(C)n3)ccc2c1. The largest absolute Gasteiger partial charge is 0.497 e. The van der Waals surface area contributed by atoms with Crippen molar-refractivity contribution in [2.24, 2.45) is 5.84 Å². The van der Waals surface area contributed by atoms with E-state index in [-0.39, 0.29) is 5.91 Å². The number of carbonyl (C=O) groups is 1. The Kier molecular flexibility index (Phi) is 3.95. The molecule has 0 aliphatic carbocycles. The predicted molar refractivity (Wildman–Crippen MR) is 90.1 cm³/mol. The molecule has 1 aromatic heterocycles. The highest BCUT2D eigenvalue weighted by molar-refractivity contribution is 5.95. The lowest BCUT2D eigenvalue weighted by molar-refractivity contribution is 0.0952. The molecule has 116 valence electrons. The Balaban J connectivity index is 2.03. The molecule has 1 heterocycles. The number of amides is 1. The molecule has 0 saturated carbocycles. The Morgan fingerprint density at radius 3 is 2.52 bits per heavy atom. The number of aryl methyl sites for hydroxylation is 1. The van der Waals surface area contributed by atoms with Crippen LogP contribution in [0.4, 0.5) is 0 Å². The first-order valence-corrected chi connectivity index (χ1v) is 7.19. The van der Waals surface area contributed by atoms with Crippen LogP contribution in [0, 0.1) is 6.92 Å². The van der Waals surface area contributed by atoms with Gasteiger partial charge in [-0.2, -0.15) is 0 Å². The summed E-state index contributed by atoms with van der Waals surface area (Å²) in [5, 5.41) is 2.20. The summed E-state index contributed by atoms with van der Waals surface area (Å²) in [4.78, 5) is 16.1. The minimum atomic E-state index is -0.341. The number of carbonyl (C=O) groups excluding carboxylic acids is 1. The number of nitrogens with two attached hydrogens (primary N) is 1. The summed E-state index contributed by atoms with van der Waals surface area (Å²) in [6, 6.07) is 15.6.